The predicted octanol–water partition coefficient (Wildman–Crippen LogP) is 1.87. The van der Waals surface area contributed by atoms with E-state index < -0.39 is 0 Å². The monoisotopic (exact) mass is 162 g/mol. The number of ketones is 1. The van der Waals surface area contributed by atoms with Crippen LogP contribution in [0.25, 0.3) is 0 Å². The van der Waals surface area contributed by atoms with E-state index in [9.17, 15) is 4.79 Å². The Balaban J connectivity index is 1.93. The van der Waals surface area contributed by atoms with Gasteiger partial charge in [0, 0.05) is 12.3 Å². The zero-order valence-corrected chi connectivity index (χ0v) is 7.20. The van der Waals surface area contributed by atoms with Gasteiger partial charge in [0.25, 0.3) is 0 Å². The summed E-state index contributed by atoms with van der Waals surface area (Å²) in [6.45, 7) is 0. The van der Waals surface area contributed by atoms with Crippen molar-refractivity contribution in [2.24, 2.45) is 35.5 Å². The first-order chi connectivity index (χ1) is 5.86. The molecule has 4 aliphatic carbocycles. The molecule has 1 heteroatoms. The minimum absolute atomic E-state index is 0.554. The van der Waals surface area contributed by atoms with Crippen molar-refractivity contribution in [2.75, 3.05) is 0 Å². The van der Waals surface area contributed by atoms with Gasteiger partial charge in [0.2, 0.25) is 0 Å². The zero-order valence-electron chi connectivity index (χ0n) is 7.20. The summed E-state index contributed by atoms with van der Waals surface area (Å²) in [5.41, 5.74) is 0. The van der Waals surface area contributed by atoms with Crippen molar-refractivity contribution in [1.29, 1.82) is 0 Å². The lowest BCUT2D eigenvalue weighted by Crippen LogP contribution is -2.23. The molecule has 0 aromatic heterocycles. The van der Waals surface area contributed by atoms with Crippen molar-refractivity contribution in [3.05, 3.63) is 0 Å². The van der Waals surface area contributed by atoms with Crippen LogP contribution in [0.1, 0.15) is 25.7 Å². The van der Waals surface area contributed by atoms with E-state index in [0.29, 0.717) is 11.7 Å². The highest BCUT2D eigenvalue weighted by atomic mass is 16.1. The summed E-state index contributed by atoms with van der Waals surface area (Å²) in [6, 6.07) is 0. The molecular formula is C11H14O. The number of hydrogen-bond acceptors (Lipinski definition) is 1. The number of Topliss-reactive ketones (excluding diaryl/α,β-unsaturated/α-hetero) is 1. The van der Waals surface area contributed by atoms with E-state index >= 15 is 0 Å². The third-order valence-electron chi connectivity index (χ3n) is 5.31. The topological polar surface area (TPSA) is 17.1 Å². The van der Waals surface area contributed by atoms with E-state index in [1.165, 1.54) is 19.3 Å². The lowest BCUT2D eigenvalue weighted by molar-refractivity contribution is -0.122. The second-order valence-corrected chi connectivity index (χ2v) is 5.33. The molecule has 2 bridgehead atoms. The first-order valence-electron chi connectivity index (χ1n) is 5.39. The molecule has 0 radical (unpaired) electrons. The van der Waals surface area contributed by atoms with Gasteiger partial charge in [0.15, 0.2) is 0 Å². The van der Waals surface area contributed by atoms with E-state index in [1.54, 1.807) is 0 Å². The Bertz CT molecular complexity index is 266. The van der Waals surface area contributed by atoms with Gasteiger partial charge in [-0.25, -0.2) is 0 Å². The van der Waals surface area contributed by atoms with E-state index in [1.807, 2.05) is 0 Å². The third-order valence-corrected chi connectivity index (χ3v) is 5.31. The Morgan fingerprint density at radius 2 is 1.75 bits per heavy atom. The van der Waals surface area contributed by atoms with E-state index in [0.717, 1.165) is 36.0 Å². The highest BCUT2D eigenvalue weighted by molar-refractivity contribution is 5.85. The Kier molecular flexibility index (Phi) is 0.843. The average molecular weight is 162 g/mol. The van der Waals surface area contributed by atoms with Crippen LogP contribution < -0.4 is 0 Å². The van der Waals surface area contributed by atoms with E-state index in [4.69, 9.17) is 0 Å². The molecule has 0 spiro atoms. The summed E-state index contributed by atoms with van der Waals surface area (Å²) in [5, 5.41) is 0. The molecule has 4 aliphatic rings. The molecule has 0 N–H and O–H groups in total. The number of carbonyl (C=O) groups is 1. The van der Waals surface area contributed by atoms with Crippen LogP contribution in [0.15, 0.2) is 0 Å². The molecule has 0 amide bonds. The molecule has 6 atom stereocenters. The predicted molar refractivity (Wildman–Crippen MR) is 44.4 cm³/mol. The normalized spacial score (nSPS) is 65.2. The minimum Gasteiger partial charge on any atom is -0.299 e. The van der Waals surface area contributed by atoms with Gasteiger partial charge in [-0.1, -0.05) is 0 Å². The standard InChI is InChI=1S/C11H14O/c12-10-4-8-5-1-2-6-7(5)3-9(8)11(6)10/h5-9,11H,1-4H2/t5-,6+,7-,8+,9-,11+/m1/s1. The largest absolute Gasteiger partial charge is 0.299 e. The maximum absolute atomic E-state index is 11.7. The third kappa shape index (κ3) is 0.439. The summed E-state index contributed by atoms with van der Waals surface area (Å²) in [5.74, 6) is 5.75. The van der Waals surface area contributed by atoms with Crippen molar-refractivity contribution in [1.82, 2.24) is 0 Å². The molecule has 4 rings (SSSR count). The lowest BCUT2D eigenvalue weighted by Gasteiger charge is -2.24. The first kappa shape index (κ1) is 6.17. The van der Waals surface area contributed by atoms with Crippen molar-refractivity contribution >= 4 is 5.78 Å². The van der Waals surface area contributed by atoms with Crippen LogP contribution in [-0.2, 0) is 4.79 Å². The van der Waals surface area contributed by atoms with Gasteiger partial charge < -0.3 is 0 Å². The Labute approximate surface area is 72.5 Å². The molecule has 0 unspecified atom stereocenters. The fraction of sp³-hybridized carbons (Fsp3) is 0.909. The second-order valence-electron chi connectivity index (χ2n) is 5.33. The van der Waals surface area contributed by atoms with Crippen LogP contribution >= 0.6 is 0 Å². The Morgan fingerprint density at radius 3 is 2.67 bits per heavy atom. The molecule has 12 heavy (non-hydrogen) atoms. The van der Waals surface area contributed by atoms with Crippen molar-refractivity contribution in [3.63, 3.8) is 0 Å². The highest BCUT2D eigenvalue weighted by Crippen LogP contribution is 2.69. The molecule has 0 aliphatic heterocycles. The van der Waals surface area contributed by atoms with Gasteiger partial charge in [-0.15, -0.1) is 0 Å². The molecular weight excluding hydrogens is 148 g/mol. The second kappa shape index (κ2) is 1.64. The van der Waals surface area contributed by atoms with Gasteiger partial charge >= 0.3 is 0 Å². The zero-order chi connectivity index (χ0) is 7.87. The van der Waals surface area contributed by atoms with Crippen LogP contribution in [0.5, 0.6) is 0 Å². The summed E-state index contributed by atoms with van der Waals surface area (Å²) >= 11 is 0. The van der Waals surface area contributed by atoms with Crippen LogP contribution in [0.4, 0.5) is 0 Å². The maximum atomic E-state index is 11.7. The van der Waals surface area contributed by atoms with E-state index in [-0.39, 0.29) is 0 Å². The number of rotatable bonds is 0. The van der Waals surface area contributed by atoms with Gasteiger partial charge in [-0.05, 0) is 48.9 Å². The molecule has 0 saturated heterocycles. The molecule has 0 aromatic rings. The average Bonchev–Trinajstić information content (AvgIpc) is 2.58. The van der Waals surface area contributed by atoms with Crippen LogP contribution in [-0.4, -0.2) is 5.78 Å². The molecule has 4 saturated carbocycles. The Hall–Kier alpha value is -0.330. The SMILES string of the molecule is O=C1C[C@H]2[C@@H]3CC[C@H]4[C@@H]3C[C@H]2[C@@H]14. The summed E-state index contributed by atoms with van der Waals surface area (Å²) in [4.78, 5) is 11.7. The molecule has 1 nitrogen and oxygen atoms in total. The minimum atomic E-state index is 0.554. The van der Waals surface area contributed by atoms with Crippen LogP contribution in [0, 0.1) is 35.5 Å². The summed E-state index contributed by atoms with van der Waals surface area (Å²) in [6.07, 6.45) is 5.24. The molecule has 0 aromatic carbocycles. The number of hydrogen-bond donors (Lipinski definition) is 0. The van der Waals surface area contributed by atoms with Crippen molar-refractivity contribution < 1.29 is 4.79 Å². The van der Waals surface area contributed by atoms with Crippen LogP contribution in [0.3, 0.4) is 0 Å². The fourth-order valence-corrected chi connectivity index (χ4v) is 5.14. The molecule has 4 fully saturated rings. The quantitative estimate of drug-likeness (QED) is 0.531. The molecule has 64 valence electrons. The van der Waals surface area contributed by atoms with Gasteiger partial charge in [0.05, 0.1) is 0 Å². The fourth-order valence-electron chi connectivity index (χ4n) is 5.14. The number of carbonyl (C=O) groups excluding carboxylic acids is 1. The van der Waals surface area contributed by atoms with E-state index in [2.05, 4.69) is 0 Å². The maximum Gasteiger partial charge on any atom is 0.136 e. The lowest BCUT2D eigenvalue weighted by atomic mass is 9.80. The smallest absolute Gasteiger partial charge is 0.136 e. The van der Waals surface area contributed by atoms with Gasteiger partial charge in [-0.2, -0.15) is 0 Å². The van der Waals surface area contributed by atoms with Gasteiger partial charge in [-0.3, -0.25) is 4.79 Å². The summed E-state index contributed by atoms with van der Waals surface area (Å²) < 4.78 is 0. The first-order valence-corrected chi connectivity index (χ1v) is 5.39. The summed E-state index contributed by atoms with van der Waals surface area (Å²) in [7, 11) is 0. The Morgan fingerprint density at radius 1 is 0.917 bits per heavy atom. The number of fused-ring (bicyclic) bond motifs is 2. The van der Waals surface area contributed by atoms with Gasteiger partial charge in [0.1, 0.15) is 5.78 Å². The molecule has 0 heterocycles. The van der Waals surface area contributed by atoms with Crippen molar-refractivity contribution in [2.45, 2.75) is 25.7 Å². The van der Waals surface area contributed by atoms with Crippen molar-refractivity contribution in [3.8, 4) is 0 Å². The van der Waals surface area contributed by atoms with Crippen LogP contribution in [0.2, 0.25) is 0 Å². The highest BCUT2D eigenvalue weighted by Gasteiger charge is 2.66.